The molecule has 0 spiro atoms. The Balaban J connectivity index is 1.80. The van der Waals surface area contributed by atoms with Crippen LogP contribution in [-0.2, 0) is 9.53 Å². The topological polar surface area (TPSA) is 64.6 Å². The van der Waals surface area contributed by atoms with E-state index in [-0.39, 0.29) is 12.6 Å². The van der Waals surface area contributed by atoms with Crippen molar-refractivity contribution >= 4 is 23.5 Å². The Bertz CT molecular complexity index is 761. The number of hydrogen-bond donors (Lipinski definition) is 1. The van der Waals surface area contributed by atoms with Crippen LogP contribution in [-0.4, -0.2) is 25.1 Å². The first kappa shape index (κ1) is 20.8. The van der Waals surface area contributed by atoms with E-state index >= 15 is 0 Å². The van der Waals surface area contributed by atoms with Crippen molar-refractivity contribution in [1.29, 1.82) is 0 Å². The molecule has 144 valence electrons. The number of nitrogens with one attached hydrogen (secondary N) is 1. The van der Waals surface area contributed by atoms with Gasteiger partial charge >= 0.3 is 5.97 Å². The van der Waals surface area contributed by atoms with E-state index in [1.165, 1.54) is 0 Å². The molecule has 1 amide bonds. The summed E-state index contributed by atoms with van der Waals surface area (Å²) >= 11 is 6.12. The summed E-state index contributed by atoms with van der Waals surface area (Å²) in [6.07, 6.45) is 2.03. The zero-order valence-electron chi connectivity index (χ0n) is 15.5. The average molecular weight is 390 g/mol. The monoisotopic (exact) mass is 389 g/mol. The SMILES string of the molecule is CCCCOc1ccc(C(=O)OCC(=O)N[C@@H](C)c2ccccc2Cl)cc1. The number of ether oxygens (including phenoxy) is 2. The summed E-state index contributed by atoms with van der Waals surface area (Å²) in [5.74, 6) is -0.253. The first-order chi connectivity index (χ1) is 13.0. The summed E-state index contributed by atoms with van der Waals surface area (Å²) < 4.78 is 10.6. The largest absolute Gasteiger partial charge is 0.494 e. The maximum Gasteiger partial charge on any atom is 0.338 e. The first-order valence-corrected chi connectivity index (χ1v) is 9.32. The van der Waals surface area contributed by atoms with Crippen LogP contribution in [0.4, 0.5) is 0 Å². The van der Waals surface area contributed by atoms with Crippen LogP contribution in [0.1, 0.15) is 48.7 Å². The molecule has 0 aromatic heterocycles. The predicted octanol–water partition coefficient (Wildman–Crippen LogP) is 4.55. The lowest BCUT2D eigenvalue weighted by molar-refractivity contribution is -0.124. The zero-order valence-corrected chi connectivity index (χ0v) is 16.3. The summed E-state index contributed by atoms with van der Waals surface area (Å²) in [4.78, 5) is 24.1. The summed E-state index contributed by atoms with van der Waals surface area (Å²) in [7, 11) is 0. The third kappa shape index (κ3) is 6.61. The van der Waals surface area contributed by atoms with E-state index < -0.39 is 11.9 Å². The van der Waals surface area contributed by atoms with Gasteiger partial charge in [-0.1, -0.05) is 43.1 Å². The molecule has 5 nitrogen and oxygen atoms in total. The van der Waals surface area contributed by atoms with E-state index in [9.17, 15) is 9.59 Å². The lowest BCUT2D eigenvalue weighted by Crippen LogP contribution is -2.31. The molecule has 0 radical (unpaired) electrons. The molecule has 27 heavy (non-hydrogen) atoms. The first-order valence-electron chi connectivity index (χ1n) is 8.95. The number of carbonyl (C=O) groups excluding carboxylic acids is 2. The molecule has 0 fully saturated rings. The van der Waals surface area contributed by atoms with Gasteiger partial charge in [-0.15, -0.1) is 0 Å². The van der Waals surface area contributed by atoms with E-state index in [0.29, 0.717) is 22.9 Å². The molecule has 0 saturated carbocycles. The second-order valence-corrected chi connectivity index (χ2v) is 6.52. The molecular weight excluding hydrogens is 366 g/mol. The summed E-state index contributed by atoms with van der Waals surface area (Å²) in [5, 5.41) is 3.33. The molecular formula is C21H24ClNO4. The second-order valence-electron chi connectivity index (χ2n) is 6.11. The standard InChI is InChI=1S/C21H24ClNO4/c1-3-4-13-26-17-11-9-16(10-12-17)21(25)27-14-20(24)23-15(2)18-7-5-6-8-19(18)22/h5-12,15H,3-4,13-14H2,1-2H3,(H,23,24)/t15-/m0/s1. The van der Waals surface area contributed by atoms with Crippen LogP contribution in [0.2, 0.25) is 5.02 Å². The van der Waals surface area contributed by atoms with Gasteiger partial charge in [-0.05, 0) is 49.2 Å². The van der Waals surface area contributed by atoms with Gasteiger partial charge in [-0.3, -0.25) is 4.79 Å². The van der Waals surface area contributed by atoms with Crippen LogP contribution >= 0.6 is 11.6 Å². The number of rotatable bonds is 9. The van der Waals surface area contributed by atoms with E-state index in [4.69, 9.17) is 21.1 Å². The van der Waals surface area contributed by atoms with Gasteiger partial charge in [-0.2, -0.15) is 0 Å². The fraction of sp³-hybridized carbons (Fsp3) is 0.333. The lowest BCUT2D eigenvalue weighted by atomic mass is 10.1. The molecule has 0 aliphatic heterocycles. The molecule has 0 bridgehead atoms. The number of amides is 1. The van der Waals surface area contributed by atoms with Crippen molar-refractivity contribution in [2.45, 2.75) is 32.7 Å². The lowest BCUT2D eigenvalue weighted by Gasteiger charge is -2.15. The van der Waals surface area contributed by atoms with Crippen molar-refractivity contribution in [3.8, 4) is 5.75 Å². The molecule has 1 atom stereocenters. The highest BCUT2D eigenvalue weighted by atomic mass is 35.5. The Morgan fingerprint density at radius 1 is 1.11 bits per heavy atom. The minimum absolute atomic E-state index is 0.288. The summed E-state index contributed by atoms with van der Waals surface area (Å²) in [6.45, 7) is 4.19. The third-order valence-electron chi connectivity index (χ3n) is 3.94. The molecule has 2 aromatic carbocycles. The fourth-order valence-electron chi connectivity index (χ4n) is 2.42. The highest BCUT2D eigenvalue weighted by Crippen LogP contribution is 2.22. The van der Waals surface area contributed by atoms with Gasteiger partial charge in [0.2, 0.25) is 0 Å². The third-order valence-corrected chi connectivity index (χ3v) is 4.28. The normalized spacial score (nSPS) is 11.5. The van der Waals surface area contributed by atoms with Crippen LogP contribution in [0.5, 0.6) is 5.75 Å². The smallest absolute Gasteiger partial charge is 0.338 e. The Hall–Kier alpha value is -2.53. The second kappa shape index (κ2) is 10.6. The number of unbranched alkanes of at least 4 members (excludes halogenated alkanes) is 1. The van der Waals surface area contributed by atoms with E-state index in [1.807, 2.05) is 25.1 Å². The van der Waals surface area contributed by atoms with Gasteiger partial charge in [0.05, 0.1) is 18.2 Å². The van der Waals surface area contributed by atoms with E-state index in [1.54, 1.807) is 30.3 Å². The Labute approximate surface area is 164 Å². The molecule has 2 rings (SSSR count). The fourth-order valence-corrected chi connectivity index (χ4v) is 2.72. The van der Waals surface area contributed by atoms with Crippen LogP contribution in [0, 0.1) is 0 Å². The quantitative estimate of drug-likeness (QED) is 0.504. The van der Waals surface area contributed by atoms with Gasteiger partial charge in [0.15, 0.2) is 6.61 Å². The van der Waals surface area contributed by atoms with Crippen LogP contribution in [0.3, 0.4) is 0 Å². The number of carbonyl (C=O) groups is 2. The van der Waals surface area contributed by atoms with Gasteiger partial charge < -0.3 is 14.8 Å². The average Bonchev–Trinajstić information content (AvgIpc) is 2.67. The number of esters is 1. The molecule has 6 heteroatoms. The van der Waals surface area contributed by atoms with Crippen LogP contribution in [0.15, 0.2) is 48.5 Å². The van der Waals surface area contributed by atoms with Crippen molar-refractivity contribution in [3.05, 3.63) is 64.7 Å². The maximum absolute atomic E-state index is 12.1. The number of halogens is 1. The van der Waals surface area contributed by atoms with Crippen molar-refractivity contribution in [1.82, 2.24) is 5.32 Å². The molecule has 2 aromatic rings. The highest BCUT2D eigenvalue weighted by Gasteiger charge is 2.14. The van der Waals surface area contributed by atoms with Crippen molar-refractivity contribution in [3.63, 3.8) is 0 Å². The highest BCUT2D eigenvalue weighted by molar-refractivity contribution is 6.31. The molecule has 0 aliphatic carbocycles. The van der Waals surface area contributed by atoms with Gasteiger partial charge in [0.25, 0.3) is 5.91 Å². The molecule has 0 aliphatic rings. The van der Waals surface area contributed by atoms with E-state index in [2.05, 4.69) is 12.2 Å². The molecule has 0 saturated heterocycles. The molecule has 1 N–H and O–H groups in total. The minimum atomic E-state index is -0.560. The molecule has 0 unspecified atom stereocenters. The minimum Gasteiger partial charge on any atom is -0.494 e. The predicted molar refractivity (Wildman–Crippen MR) is 105 cm³/mol. The van der Waals surface area contributed by atoms with Gasteiger partial charge in [-0.25, -0.2) is 4.79 Å². The zero-order chi connectivity index (χ0) is 19.6. The molecule has 0 heterocycles. The summed E-state index contributed by atoms with van der Waals surface area (Å²) in [6, 6.07) is 13.6. The van der Waals surface area contributed by atoms with Crippen molar-refractivity contribution in [2.75, 3.05) is 13.2 Å². The van der Waals surface area contributed by atoms with Crippen LogP contribution in [0.25, 0.3) is 0 Å². The Morgan fingerprint density at radius 3 is 2.48 bits per heavy atom. The van der Waals surface area contributed by atoms with Gasteiger partial charge in [0, 0.05) is 5.02 Å². The van der Waals surface area contributed by atoms with Crippen molar-refractivity contribution in [2.24, 2.45) is 0 Å². The van der Waals surface area contributed by atoms with Crippen molar-refractivity contribution < 1.29 is 19.1 Å². The Morgan fingerprint density at radius 2 is 1.81 bits per heavy atom. The maximum atomic E-state index is 12.1. The van der Waals surface area contributed by atoms with E-state index in [0.717, 1.165) is 18.4 Å². The van der Waals surface area contributed by atoms with Gasteiger partial charge in [0.1, 0.15) is 5.75 Å². The summed E-state index contributed by atoms with van der Waals surface area (Å²) in [5.41, 5.74) is 1.17. The Kier molecular flexibility index (Phi) is 8.14. The van der Waals surface area contributed by atoms with Crippen LogP contribution < -0.4 is 10.1 Å². The number of hydrogen-bond acceptors (Lipinski definition) is 4. The number of benzene rings is 2.